The Morgan fingerprint density at radius 3 is 2.39 bits per heavy atom. The molecule has 4 nitrogen and oxygen atoms in total. The van der Waals surface area contributed by atoms with Crippen molar-refractivity contribution in [2.24, 2.45) is 0 Å². The van der Waals surface area contributed by atoms with Gasteiger partial charge in [0.05, 0.1) is 0 Å². The van der Waals surface area contributed by atoms with E-state index in [4.69, 9.17) is 14.5 Å². The highest BCUT2D eigenvalue weighted by Gasteiger charge is 2.69. The van der Waals surface area contributed by atoms with E-state index in [0.29, 0.717) is 6.42 Å². The zero-order chi connectivity index (χ0) is 13.4. The number of esters is 1. The van der Waals surface area contributed by atoms with Gasteiger partial charge in [-0.2, -0.15) is 0 Å². The van der Waals surface area contributed by atoms with Crippen LogP contribution in [0.15, 0.2) is 0 Å². The second-order valence-corrected chi connectivity index (χ2v) is 6.05. The molecule has 1 aliphatic heterocycles. The lowest BCUT2D eigenvalue weighted by Gasteiger charge is -2.56. The van der Waals surface area contributed by atoms with Crippen molar-refractivity contribution in [1.82, 2.24) is 0 Å². The normalized spacial score (nSPS) is 35.6. The van der Waals surface area contributed by atoms with Crippen LogP contribution in [-0.2, 0) is 19.3 Å². The molecule has 0 aromatic rings. The van der Waals surface area contributed by atoms with Gasteiger partial charge in [-0.05, 0) is 46.0 Å². The Morgan fingerprint density at radius 2 is 1.89 bits per heavy atom. The molecule has 2 unspecified atom stereocenters. The molecule has 0 aromatic carbocycles. The lowest BCUT2D eigenvalue weighted by Crippen LogP contribution is -2.72. The Morgan fingerprint density at radius 1 is 1.22 bits per heavy atom. The van der Waals surface area contributed by atoms with Crippen LogP contribution < -0.4 is 0 Å². The molecule has 0 spiro atoms. The predicted octanol–water partition coefficient (Wildman–Crippen LogP) is 3.14. The fraction of sp³-hybridized carbons (Fsp3) is 0.929. The molecule has 2 fully saturated rings. The highest BCUT2D eigenvalue weighted by atomic mass is 17.3. The Labute approximate surface area is 109 Å². The lowest BCUT2D eigenvalue weighted by molar-refractivity contribution is -0.549. The van der Waals surface area contributed by atoms with Crippen molar-refractivity contribution >= 4 is 5.97 Å². The van der Waals surface area contributed by atoms with Crippen LogP contribution in [0.4, 0.5) is 0 Å². The van der Waals surface area contributed by atoms with E-state index in [1.807, 2.05) is 27.7 Å². The molecule has 2 rings (SSSR count). The molecule has 4 heteroatoms. The Bertz CT molecular complexity index is 335. The monoisotopic (exact) mass is 256 g/mol. The topological polar surface area (TPSA) is 44.8 Å². The molecule has 1 saturated heterocycles. The van der Waals surface area contributed by atoms with E-state index in [0.717, 1.165) is 32.1 Å². The first-order valence-corrected chi connectivity index (χ1v) is 7.02. The van der Waals surface area contributed by atoms with Gasteiger partial charge in [-0.3, -0.25) is 0 Å². The molecule has 1 saturated carbocycles. The molecule has 0 bridgehead atoms. The van der Waals surface area contributed by atoms with Crippen LogP contribution in [0.3, 0.4) is 0 Å². The SMILES string of the molecule is CCC(C)(C)OC(=O)C12CCCCC1(CC)OO2. The van der Waals surface area contributed by atoms with E-state index >= 15 is 0 Å². The first-order valence-electron chi connectivity index (χ1n) is 7.02. The number of hydrogen-bond donors (Lipinski definition) is 0. The number of ether oxygens (including phenoxy) is 1. The zero-order valence-electron chi connectivity index (χ0n) is 11.9. The minimum atomic E-state index is -0.855. The van der Waals surface area contributed by atoms with Crippen molar-refractivity contribution in [1.29, 1.82) is 0 Å². The maximum atomic E-state index is 12.5. The van der Waals surface area contributed by atoms with Crippen molar-refractivity contribution in [3.05, 3.63) is 0 Å². The van der Waals surface area contributed by atoms with E-state index in [2.05, 4.69) is 0 Å². The molecule has 2 atom stereocenters. The summed E-state index contributed by atoms with van der Waals surface area (Å²) < 4.78 is 5.63. The molecular weight excluding hydrogens is 232 g/mol. The van der Waals surface area contributed by atoms with Crippen LogP contribution in [-0.4, -0.2) is 22.8 Å². The lowest BCUT2D eigenvalue weighted by atomic mass is 9.68. The van der Waals surface area contributed by atoms with Gasteiger partial charge in [0.1, 0.15) is 11.2 Å². The second kappa shape index (κ2) is 4.49. The number of carbonyl (C=O) groups excluding carboxylic acids is 1. The van der Waals surface area contributed by atoms with Crippen molar-refractivity contribution in [3.8, 4) is 0 Å². The third-order valence-corrected chi connectivity index (χ3v) is 4.56. The maximum absolute atomic E-state index is 12.5. The van der Waals surface area contributed by atoms with Crippen LogP contribution in [0.1, 0.15) is 66.2 Å². The summed E-state index contributed by atoms with van der Waals surface area (Å²) in [4.78, 5) is 23.1. The van der Waals surface area contributed by atoms with Crippen molar-refractivity contribution in [3.63, 3.8) is 0 Å². The van der Waals surface area contributed by atoms with Crippen LogP contribution in [0, 0.1) is 0 Å². The minimum absolute atomic E-state index is 0.248. The van der Waals surface area contributed by atoms with Gasteiger partial charge in [-0.1, -0.05) is 20.3 Å². The summed E-state index contributed by atoms with van der Waals surface area (Å²) in [7, 11) is 0. The first-order chi connectivity index (χ1) is 8.41. The van der Waals surface area contributed by atoms with Gasteiger partial charge in [-0.15, -0.1) is 0 Å². The zero-order valence-corrected chi connectivity index (χ0v) is 11.9. The fourth-order valence-electron chi connectivity index (χ4n) is 2.81. The summed E-state index contributed by atoms with van der Waals surface area (Å²) in [5.41, 5.74) is -1.75. The molecule has 1 heterocycles. The average Bonchev–Trinajstić information content (AvgIpc) is 2.31. The molecule has 18 heavy (non-hydrogen) atoms. The number of hydrogen-bond acceptors (Lipinski definition) is 4. The standard InChI is InChI=1S/C14H24O4/c1-5-12(3,4)16-11(15)14-10-8-7-9-13(14,6-2)17-18-14/h5-10H2,1-4H3. The minimum Gasteiger partial charge on any atom is -0.457 e. The van der Waals surface area contributed by atoms with Gasteiger partial charge < -0.3 is 4.74 Å². The molecular formula is C14H24O4. The largest absolute Gasteiger partial charge is 0.457 e. The highest BCUT2D eigenvalue weighted by Crippen LogP contribution is 2.53. The van der Waals surface area contributed by atoms with Gasteiger partial charge in [0.15, 0.2) is 0 Å². The molecule has 104 valence electrons. The maximum Gasteiger partial charge on any atom is 0.345 e. The Kier molecular flexibility index (Phi) is 3.45. The third-order valence-electron chi connectivity index (χ3n) is 4.56. The Balaban J connectivity index is 2.17. The third kappa shape index (κ3) is 1.86. The van der Waals surface area contributed by atoms with E-state index in [-0.39, 0.29) is 5.97 Å². The van der Waals surface area contributed by atoms with Crippen LogP contribution >= 0.6 is 0 Å². The number of carbonyl (C=O) groups is 1. The number of fused-ring (bicyclic) bond motifs is 1. The summed E-state index contributed by atoms with van der Waals surface area (Å²) in [5, 5.41) is 0. The Hall–Kier alpha value is -0.610. The van der Waals surface area contributed by atoms with Gasteiger partial charge in [0, 0.05) is 0 Å². The summed E-state index contributed by atoms with van der Waals surface area (Å²) in [6.45, 7) is 7.91. The van der Waals surface area contributed by atoms with E-state index < -0.39 is 16.8 Å². The molecule has 0 N–H and O–H groups in total. The summed E-state index contributed by atoms with van der Waals surface area (Å²) >= 11 is 0. The number of rotatable bonds is 4. The quantitative estimate of drug-likeness (QED) is 0.572. The van der Waals surface area contributed by atoms with Gasteiger partial charge in [0.2, 0.25) is 5.60 Å². The van der Waals surface area contributed by atoms with E-state index in [1.165, 1.54) is 0 Å². The van der Waals surface area contributed by atoms with Crippen LogP contribution in [0.25, 0.3) is 0 Å². The first kappa shape index (κ1) is 13.8. The predicted molar refractivity (Wildman–Crippen MR) is 66.9 cm³/mol. The van der Waals surface area contributed by atoms with Gasteiger partial charge >= 0.3 is 5.97 Å². The molecule has 2 aliphatic rings. The van der Waals surface area contributed by atoms with E-state index in [9.17, 15) is 4.79 Å². The molecule has 0 aromatic heterocycles. The summed E-state index contributed by atoms with van der Waals surface area (Å²) in [5.74, 6) is -0.248. The van der Waals surface area contributed by atoms with Crippen molar-refractivity contribution in [2.45, 2.75) is 83.0 Å². The van der Waals surface area contributed by atoms with E-state index in [1.54, 1.807) is 0 Å². The highest BCUT2D eigenvalue weighted by molar-refractivity contribution is 5.82. The summed E-state index contributed by atoms with van der Waals surface area (Å²) in [6.07, 6.45) is 5.24. The smallest absolute Gasteiger partial charge is 0.345 e. The van der Waals surface area contributed by atoms with Crippen LogP contribution in [0.2, 0.25) is 0 Å². The molecule has 0 amide bonds. The van der Waals surface area contributed by atoms with Crippen molar-refractivity contribution < 1.29 is 19.3 Å². The van der Waals surface area contributed by atoms with Gasteiger partial charge in [-0.25, -0.2) is 14.6 Å². The van der Waals surface area contributed by atoms with Crippen LogP contribution in [0.5, 0.6) is 0 Å². The molecule has 0 radical (unpaired) electrons. The second-order valence-electron chi connectivity index (χ2n) is 6.05. The fourth-order valence-corrected chi connectivity index (χ4v) is 2.81. The molecule has 1 aliphatic carbocycles. The summed E-state index contributed by atoms with van der Waals surface area (Å²) in [6, 6.07) is 0. The van der Waals surface area contributed by atoms with Crippen molar-refractivity contribution in [2.75, 3.05) is 0 Å². The average molecular weight is 256 g/mol. The van der Waals surface area contributed by atoms with Gasteiger partial charge in [0.25, 0.3) is 0 Å².